The maximum absolute atomic E-state index is 12.9. The third-order valence-corrected chi connectivity index (χ3v) is 4.58. The Morgan fingerprint density at radius 1 is 1.19 bits per heavy atom. The maximum atomic E-state index is 12.9. The smallest absolute Gasteiger partial charge is 0.325 e. The van der Waals surface area contributed by atoms with Crippen molar-refractivity contribution in [2.24, 2.45) is 0 Å². The van der Waals surface area contributed by atoms with Gasteiger partial charge in [0.1, 0.15) is 17.9 Å². The molecule has 2 rings (SSSR count). The average molecular weight is 363 g/mol. The fourth-order valence-electron chi connectivity index (χ4n) is 2.97. The number of benzene rings is 1. The third-order valence-electron chi connectivity index (χ3n) is 4.58. The first kappa shape index (κ1) is 19.9. The second-order valence-electron chi connectivity index (χ2n) is 6.87. The molecular formula is C19H26FN3O3. The summed E-state index contributed by atoms with van der Waals surface area (Å²) in [4.78, 5) is 37.7. The number of rotatable bonds is 9. The minimum absolute atomic E-state index is 0.205. The first-order valence-corrected chi connectivity index (χ1v) is 9.01. The molecule has 7 heteroatoms. The van der Waals surface area contributed by atoms with Gasteiger partial charge in [-0.2, -0.15) is 0 Å². The summed E-state index contributed by atoms with van der Waals surface area (Å²) in [5, 5.41) is 5.35. The van der Waals surface area contributed by atoms with Gasteiger partial charge in [0, 0.05) is 6.54 Å². The zero-order chi connectivity index (χ0) is 19.2. The number of urea groups is 1. The van der Waals surface area contributed by atoms with Crippen molar-refractivity contribution >= 4 is 17.8 Å². The number of carbonyl (C=O) groups is 3. The maximum Gasteiger partial charge on any atom is 0.325 e. The van der Waals surface area contributed by atoms with E-state index in [9.17, 15) is 18.8 Å². The predicted molar refractivity (Wildman–Crippen MR) is 95.7 cm³/mol. The molecule has 1 aromatic carbocycles. The number of carbonyl (C=O) groups excluding carboxylic acids is 3. The molecule has 0 saturated carbocycles. The third kappa shape index (κ3) is 5.03. The highest BCUT2D eigenvalue weighted by Gasteiger charge is 2.47. The predicted octanol–water partition coefficient (Wildman–Crippen LogP) is 2.72. The number of nitrogens with one attached hydrogen (secondary N) is 2. The van der Waals surface area contributed by atoms with Crippen LogP contribution in [-0.2, 0) is 16.1 Å². The standard InChI is InChI=1S/C19H26FN3O3/c1-3-4-5-6-11-19(2)17(25)23(18(26)22-19)13-16(24)21-12-14-7-9-15(20)10-8-14/h7-10H,3-6,11-13H2,1-2H3,(H,21,24)(H,22,26)/t19-/m1/s1. The Balaban J connectivity index is 1.85. The lowest BCUT2D eigenvalue weighted by Crippen LogP contribution is -2.45. The lowest BCUT2D eigenvalue weighted by molar-refractivity contribution is -0.134. The molecule has 1 aliphatic rings. The van der Waals surface area contributed by atoms with E-state index in [1.807, 2.05) is 0 Å². The molecule has 0 aromatic heterocycles. The number of halogens is 1. The van der Waals surface area contributed by atoms with Crippen molar-refractivity contribution in [1.82, 2.24) is 15.5 Å². The Bertz CT molecular complexity index is 662. The van der Waals surface area contributed by atoms with Crippen LogP contribution in [-0.4, -0.2) is 34.8 Å². The highest BCUT2D eigenvalue weighted by atomic mass is 19.1. The van der Waals surface area contributed by atoms with Crippen LogP contribution in [0.25, 0.3) is 0 Å². The molecule has 1 fully saturated rings. The second-order valence-corrected chi connectivity index (χ2v) is 6.87. The van der Waals surface area contributed by atoms with Crippen LogP contribution in [0.5, 0.6) is 0 Å². The van der Waals surface area contributed by atoms with E-state index in [0.29, 0.717) is 6.42 Å². The van der Waals surface area contributed by atoms with Gasteiger partial charge in [-0.15, -0.1) is 0 Å². The van der Waals surface area contributed by atoms with Crippen LogP contribution in [0.4, 0.5) is 9.18 Å². The van der Waals surface area contributed by atoms with Gasteiger partial charge in [-0.05, 0) is 31.0 Å². The molecule has 1 aromatic rings. The molecule has 0 radical (unpaired) electrons. The van der Waals surface area contributed by atoms with Crippen LogP contribution in [0.3, 0.4) is 0 Å². The van der Waals surface area contributed by atoms with Gasteiger partial charge >= 0.3 is 6.03 Å². The van der Waals surface area contributed by atoms with Crippen LogP contribution in [0, 0.1) is 5.82 Å². The molecule has 1 atom stereocenters. The number of nitrogens with zero attached hydrogens (tertiary/aromatic N) is 1. The van der Waals surface area contributed by atoms with Crippen LogP contribution in [0.2, 0.25) is 0 Å². The zero-order valence-electron chi connectivity index (χ0n) is 15.3. The summed E-state index contributed by atoms with van der Waals surface area (Å²) in [7, 11) is 0. The van der Waals surface area contributed by atoms with Crippen LogP contribution in [0.1, 0.15) is 51.5 Å². The normalized spacial score (nSPS) is 19.6. The van der Waals surface area contributed by atoms with Crippen molar-refractivity contribution in [1.29, 1.82) is 0 Å². The fourth-order valence-corrected chi connectivity index (χ4v) is 2.97. The highest BCUT2D eigenvalue weighted by molar-refractivity contribution is 6.08. The largest absolute Gasteiger partial charge is 0.350 e. The molecule has 142 valence electrons. The molecule has 1 aliphatic heterocycles. The van der Waals surface area contributed by atoms with E-state index < -0.39 is 17.5 Å². The first-order valence-electron chi connectivity index (χ1n) is 9.01. The van der Waals surface area contributed by atoms with Crippen molar-refractivity contribution in [2.75, 3.05) is 6.54 Å². The summed E-state index contributed by atoms with van der Waals surface area (Å²) in [6.45, 7) is 3.69. The summed E-state index contributed by atoms with van der Waals surface area (Å²) < 4.78 is 12.9. The highest BCUT2D eigenvalue weighted by Crippen LogP contribution is 2.23. The average Bonchev–Trinajstić information content (AvgIpc) is 2.82. The summed E-state index contributed by atoms with van der Waals surface area (Å²) >= 11 is 0. The minimum Gasteiger partial charge on any atom is -0.350 e. The lowest BCUT2D eigenvalue weighted by Gasteiger charge is -2.21. The van der Waals surface area contributed by atoms with Gasteiger partial charge in [-0.1, -0.05) is 44.7 Å². The first-order chi connectivity index (χ1) is 12.4. The number of amides is 4. The topological polar surface area (TPSA) is 78.5 Å². The molecule has 1 heterocycles. The lowest BCUT2D eigenvalue weighted by atomic mass is 9.94. The number of unbranched alkanes of at least 4 members (excludes halogenated alkanes) is 3. The Morgan fingerprint density at radius 3 is 2.54 bits per heavy atom. The van der Waals surface area contributed by atoms with Gasteiger partial charge in [0.25, 0.3) is 5.91 Å². The van der Waals surface area contributed by atoms with Crippen molar-refractivity contribution in [3.05, 3.63) is 35.6 Å². The van der Waals surface area contributed by atoms with E-state index in [-0.39, 0.29) is 24.8 Å². The van der Waals surface area contributed by atoms with E-state index in [4.69, 9.17) is 0 Å². The van der Waals surface area contributed by atoms with Gasteiger partial charge in [-0.25, -0.2) is 9.18 Å². The Kier molecular flexibility index (Phi) is 6.71. The van der Waals surface area contributed by atoms with Crippen LogP contribution >= 0.6 is 0 Å². The van der Waals surface area contributed by atoms with Crippen molar-refractivity contribution in [2.45, 2.75) is 58.0 Å². The fraction of sp³-hybridized carbons (Fsp3) is 0.526. The minimum atomic E-state index is -0.942. The Morgan fingerprint density at radius 2 is 1.88 bits per heavy atom. The van der Waals surface area contributed by atoms with Gasteiger partial charge in [0.15, 0.2) is 0 Å². The molecule has 26 heavy (non-hydrogen) atoms. The molecule has 0 spiro atoms. The van der Waals surface area contributed by atoms with E-state index >= 15 is 0 Å². The summed E-state index contributed by atoms with van der Waals surface area (Å²) in [6, 6.07) is 5.21. The van der Waals surface area contributed by atoms with Gasteiger partial charge in [0.2, 0.25) is 5.91 Å². The molecule has 4 amide bonds. The van der Waals surface area contributed by atoms with Crippen molar-refractivity contribution in [3.8, 4) is 0 Å². The van der Waals surface area contributed by atoms with E-state index in [1.54, 1.807) is 19.1 Å². The van der Waals surface area contributed by atoms with Gasteiger partial charge < -0.3 is 10.6 Å². The van der Waals surface area contributed by atoms with E-state index in [1.165, 1.54) is 12.1 Å². The summed E-state index contributed by atoms with van der Waals surface area (Å²) in [6.07, 6.45) is 4.60. The Hall–Kier alpha value is -2.44. The molecule has 0 bridgehead atoms. The number of hydrogen-bond acceptors (Lipinski definition) is 3. The molecule has 1 saturated heterocycles. The van der Waals surface area contributed by atoms with Crippen molar-refractivity contribution in [3.63, 3.8) is 0 Å². The molecular weight excluding hydrogens is 337 g/mol. The summed E-state index contributed by atoms with van der Waals surface area (Å²) in [5.41, 5.74) is -0.208. The Labute approximate surface area is 153 Å². The van der Waals surface area contributed by atoms with Gasteiger partial charge in [-0.3, -0.25) is 14.5 Å². The molecule has 0 aliphatic carbocycles. The summed E-state index contributed by atoms with van der Waals surface area (Å²) in [5.74, 6) is -1.15. The number of hydrogen-bond donors (Lipinski definition) is 2. The second kappa shape index (κ2) is 8.78. The van der Waals surface area contributed by atoms with Gasteiger partial charge in [0.05, 0.1) is 0 Å². The zero-order valence-corrected chi connectivity index (χ0v) is 15.3. The number of imide groups is 1. The van der Waals surface area contributed by atoms with E-state index in [2.05, 4.69) is 17.6 Å². The van der Waals surface area contributed by atoms with Crippen LogP contribution in [0.15, 0.2) is 24.3 Å². The quantitative estimate of drug-likeness (QED) is 0.523. The SMILES string of the molecule is CCCCCC[C@@]1(C)NC(=O)N(CC(=O)NCc2ccc(F)cc2)C1=O. The molecule has 2 N–H and O–H groups in total. The molecule has 0 unspecified atom stereocenters. The van der Waals surface area contributed by atoms with Crippen molar-refractivity contribution < 1.29 is 18.8 Å². The molecule has 6 nitrogen and oxygen atoms in total. The van der Waals surface area contributed by atoms with E-state index in [0.717, 1.165) is 36.1 Å². The van der Waals surface area contributed by atoms with Crippen LogP contribution < -0.4 is 10.6 Å². The monoisotopic (exact) mass is 363 g/mol.